The molecule has 15 heavy (non-hydrogen) atoms. The zero-order valence-electron chi connectivity index (χ0n) is 8.54. The Morgan fingerprint density at radius 1 is 1.53 bits per heavy atom. The van der Waals surface area contributed by atoms with Crippen molar-refractivity contribution >= 4 is 13.6 Å². The normalized spacial score (nSPS) is 29.0. The summed E-state index contributed by atoms with van der Waals surface area (Å²) in [4.78, 5) is 30.2. The smallest absolute Gasteiger partial charge is 0.325 e. The number of carboxylic acid groups (broad SMARTS) is 1. The zero-order valence-corrected chi connectivity index (χ0v) is 9.43. The van der Waals surface area contributed by atoms with E-state index in [1.54, 1.807) is 11.9 Å². The fourth-order valence-electron chi connectivity index (χ4n) is 1.95. The molecular weight excluding hydrogens is 221 g/mol. The van der Waals surface area contributed by atoms with E-state index in [2.05, 4.69) is 0 Å². The van der Waals surface area contributed by atoms with E-state index in [1.807, 2.05) is 0 Å². The summed E-state index contributed by atoms with van der Waals surface area (Å²) in [7, 11) is -2.31. The van der Waals surface area contributed by atoms with Crippen LogP contribution in [0.3, 0.4) is 0 Å². The van der Waals surface area contributed by atoms with Gasteiger partial charge in [0.1, 0.15) is 6.04 Å². The Kier molecular flexibility index (Phi) is 3.89. The van der Waals surface area contributed by atoms with E-state index in [1.165, 1.54) is 0 Å². The number of aliphatic carboxylic acids is 1. The average molecular weight is 237 g/mol. The summed E-state index contributed by atoms with van der Waals surface area (Å²) in [6, 6.07) is -0.615. The Morgan fingerprint density at radius 2 is 2.13 bits per heavy atom. The van der Waals surface area contributed by atoms with Crippen LogP contribution >= 0.6 is 7.60 Å². The van der Waals surface area contributed by atoms with Crippen molar-refractivity contribution in [3.05, 3.63) is 0 Å². The van der Waals surface area contributed by atoms with Gasteiger partial charge in [0.05, 0.1) is 6.16 Å². The molecule has 0 bridgehead atoms. The molecule has 88 valence electrons. The minimum absolute atomic E-state index is 0.192. The number of hydrogen-bond donors (Lipinski definition) is 3. The van der Waals surface area contributed by atoms with Gasteiger partial charge in [-0.3, -0.25) is 14.3 Å². The number of piperidine rings is 1. The first-order valence-corrected chi connectivity index (χ1v) is 6.57. The third-order valence-electron chi connectivity index (χ3n) is 2.76. The molecule has 0 saturated carbocycles. The summed E-state index contributed by atoms with van der Waals surface area (Å²) in [6.07, 6.45) is 0.757. The highest BCUT2D eigenvalue weighted by Gasteiger charge is 2.33. The number of carboxylic acids is 1. The van der Waals surface area contributed by atoms with Crippen molar-refractivity contribution < 1.29 is 24.3 Å². The van der Waals surface area contributed by atoms with Crippen molar-refractivity contribution in [1.29, 1.82) is 0 Å². The highest BCUT2D eigenvalue weighted by Crippen LogP contribution is 2.40. The largest absolute Gasteiger partial charge is 0.480 e. The van der Waals surface area contributed by atoms with Crippen molar-refractivity contribution in [1.82, 2.24) is 4.90 Å². The lowest BCUT2D eigenvalue weighted by molar-refractivity contribution is -0.144. The van der Waals surface area contributed by atoms with Crippen LogP contribution in [0, 0.1) is 5.92 Å². The molecule has 0 aromatic carbocycles. The first-order chi connectivity index (χ1) is 6.79. The van der Waals surface area contributed by atoms with Crippen LogP contribution in [0.25, 0.3) is 0 Å². The zero-order chi connectivity index (χ0) is 11.6. The monoisotopic (exact) mass is 237 g/mol. The van der Waals surface area contributed by atoms with Gasteiger partial charge in [-0.25, -0.2) is 0 Å². The molecule has 1 aliphatic rings. The predicted octanol–water partition coefficient (Wildman–Crippen LogP) is -0.0409. The molecule has 0 amide bonds. The lowest BCUT2D eigenvalue weighted by Crippen LogP contribution is -2.45. The minimum atomic E-state index is -4.02. The molecule has 1 rings (SSSR count). The molecule has 1 heterocycles. The summed E-state index contributed by atoms with van der Waals surface area (Å²) in [5.74, 6) is -1.11. The van der Waals surface area contributed by atoms with E-state index in [0.29, 0.717) is 19.4 Å². The van der Waals surface area contributed by atoms with Crippen LogP contribution in [-0.2, 0) is 9.36 Å². The van der Waals surface area contributed by atoms with E-state index in [9.17, 15) is 9.36 Å². The number of nitrogens with zero attached hydrogens (tertiary/aromatic N) is 1. The second-order valence-electron chi connectivity index (χ2n) is 4.07. The molecular formula is C8H16NO5P. The Morgan fingerprint density at radius 3 is 2.60 bits per heavy atom. The highest BCUT2D eigenvalue weighted by atomic mass is 31.2. The van der Waals surface area contributed by atoms with E-state index in [-0.39, 0.29) is 12.1 Å². The molecule has 0 aliphatic carbocycles. The lowest BCUT2D eigenvalue weighted by Gasteiger charge is -2.34. The quantitative estimate of drug-likeness (QED) is 0.596. The Bertz CT molecular complexity index is 289. The summed E-state index contributed by atoms with van der Waals surface area (Å²) >= 11 is 0. The van der Waals surface area contributed by atoms with Crippen LogP contribution in [0.1, 0.15) is 12.8 Å². The number of likely N-dealkylation sites (N-methyl/N-ethyl adjacent to an activating group) is 1. The Hall–Kier alpha value is -0.420. The third kappa shape index (κ3) is 3.91. The number of carbonyl (C=O) groups is 1. The maximum absolute atomic E-state index is 10.8. The second-order valence-corrected chi connectivity index (χ2v) is 5.77. The van der Waals surface area contributed by atoms with Crippen LogP contribution in [0.5, 0.6) is 0 Å². The Labute approximate surface area is 88.1 Å². The van der Waals surface area contributed by atoms with E-state index >= 15 is 0 Å². The predicted molar refractivity (Wildman–Crippen MR) is 53.7 cm³/mol. The second kappa shape index (κ2) is 4.61. The first kappa shape index (κ1) is 12.6. The van der Waals surface area contributed by atoms with Gasteiger partial charge in [-0.05, 0) is 32.4 Å². The molecule has 1 saturated heterocycles. The molecule has 6 nitrogen and oxygen atoms in total. The van der Waals surface area contributed by atoms with E-state index in [0.717, 1.165) is 0 Å². The van der Waals surface area contributed by atoms with Gasteiger partial charge in [0.25, 0.3) is 0 Å². The maximum atomic E-state index is 10.8. The summed E-state index contributed by atoms with van der Waals surface area (Å²) in [5, 5.41) is 8.89. The van der Waals surface area contributed by atoms with Gasteiger partial charge in [-0.1, -0.05) is 0 Å². The Balaban J connectivity index is 2.58. The molecule has 1 aliphatic heterocycles. The molecule has 0 aromatic heterocycles. The molecule has 7 heteroatoms. The van der Waals surface area contributed by atoms with Crippen molar-refractivity contribution in [3.8, 4) is 0 Å². The molecule has 0 radical (unpaired) electrons. The minimum Gasteiger partial charge on any atom is -0.480 e. The van der Waals surface area contributed by atoms with Crippen LogP contribution in [0.2, 0.25) is 0 Å². The molecule has 0 aromatic rings. The van der Waals surface area contributed by atoms with Gasteiger partial charge >= 0.3 is 13.6 Å². The molecule has 2 atom stereocenters. The van der Waals surface area contributed by atoms with Gasteiger partial charge < -0.3 is 14.9 Å². The molecule has 0 unspecified atom stereocenters. The fourth-order valence-corrected chi connectivity index (χ4v) is 2.95. The van der Waals surface area contributed by atoms with Crippen LogP contribution < -0.4 is 0 Å². The number of likely N-dealkylation sites (tertiary alicyclic amines) is 1. The molecule has 0 spiro atoms. The third-order valence-corrected chi connectivity index (χ3v) is 3.75. The van der Waals surface area contributed by atoms with Crippen molar-refractivity contribution in [3.63, 3.8) is 0 Å². The summed E-state index contributed by atoms with van der Waals surface area (Å²) < 4.78 is 10.8. The van der Waals surface area contributed by atoms with Gasteiger partial charge in [0.15, 0.2) is 0 Å². The first-order valence-electron chi connectivity index (χ1n) is 4.77. The lowest BCUT2D eigenvalue weighted by atomic mass is 9.93. The van der Waals surface area contributed by atoms with Gasteiger partial charge in [0, 0.05) is 0 Å². The van der Waals surface area contributed by atoms with Crippen molar-refractivity contribution in [2.75, 3.05) is 19.8 Å². The van der Waals surface area contributed by atoms with Gasteiger partial charge in [0.2, 0.25) is 0 Å². The van der Waals surface area contributed by atoms with Crippen LogP contribution in [0.4, 0.5) is 0 Å². The van der Waals surface area contributed by atoms with Crippen molar-refractivity contribution in [2.45, 2.75) is 18.9 Å². The van der Waals surface area contributed by atoms with E-state index in [4.69, 9.17) is 14.9 Å². The van der Waals surface area contributed by atoms with Crippen molar-refractivity contribution in [2.24, 2.45) is 5.92 Å². The highest BCUT2D eigenvalue weighted by molar-refractivity contribution is 7.51. The SMILES string of the molecule is CN1CC[C@H](CP(=O)(O)O)C[C@@H]1C(=O)O. The number of rotatable bonds is 3. The van der Waals surface area contributed by atoms with E-state index < -0.39 is 19.6 Å². The van der Waals surface area contributed by atoms with Gasteiger partial charge in [-0.2, -0.15) is 0 Å². The van der Waals surface area contributed by atoms with Crippen LogP contribution in [0.15, 0.2) is 0 Å². The maximum Gasteiger partial charge on any atom is 0.325 e. The fraction of sp³-hybridized carbons (Fsp3) is 0.875. The molecule has 3 N–H and O–H groups in total. The van der Waals surface area contributed by atoms with Crippen LogP contribution in [-0.4, -0.2) is 51.6 Å². The topological polar surface area (TPSA) is 98.1 Å². The number of hydrogen-bond acceptors (Lipinski definition) is 3. The average Bonchev–Trinajstić information content (AvgIpc) is 2.05. The summed E-state index contributed by atoms with van der Waals surface area (Å²) in [5.41, 5.74) is 0. The standard InChI is InChI=1S/C8H16NO5P/c1-9-3-2-6(5-15(12,13)14)4-7(9)8(10)11/h6-7H,2-5H2,1H3,(H,10,11)(H2,12,13,14)/t6-,7+/m0/s1. The summed E-state index contributed by atoms with van der Waals surface area (Å²) in [6.45, 7) is 0.571. The van der Waals surface area contributed by atoms with Gasteiger partial charge in [-0.15, -0.1) is 0 Å². The molecule has 1 fully saturated rings.